The highest BCUT2D eigenvalue weighted by Crippen LogP contribution is 2.25. The molecule has 2 N–H and O–H groups in total. The average molecular weight is 266 g/mol. The standard InChI is InChI=1S/C12H12BrNO/c1-8-4-10(6-11(13)5-8)12(15)9-2-3-14-7-9/h2-7,12,14-15H,1H3. The van der Waals surface area contributed by atoms with Gasteiger partial charge in [0.15, 0.2) is 0 Å². The third kappa shape index (κ3) is 2.30. The van der Waals surface area contributed by atoms with Crippen LogP contribution in [0.2, 0.25) is 0 Å². The van der Waals surface area contributed by atoms with Crippen molar-refractivity contribution in [2.75, 3.05) is 0 Å². The average Bonchev–Trinajstić information content (AvgIpc) is 2.67. The van der Waals surface area contributed by atoms with Crippen molar-refractivity contribution < 1.29 is 5.11 Å². The van der Waals surface area contributed by atoms with Gasteiger partial charge in [0, 0.05) is 22.4 Å². The van der Waals surface area contributed by atoms with Gasteiger partial charge < -0.3 is 10.1 Å². The third-order valence-electron chi connectivity index (χ3n) is 2.32. The maximum absolute atomic E-state index is 10.1. The zero-order valence-electron chi connectivity index (χ0n) is 8.37. The highest BCUT2D eigenvalue weighted by Gasteiger charge is 2.11. The summed E-state index contributed by atoms with van der Waals surface area (Å²) in [6, 6.07) is 7.82. The van der Waals surface area contributed by atoms with Gasteiger partial charge in [-0.05, 0) is 36.2 Å². The number of aryl methyl sites for hydroxylation is 1. The first-order valence-electron chi connectivity index (χ1n) is 4.74. The predicted octanol–water partition coefficient (Wildman–Crippen LogP) is 3.17. The normalized spacial score (nSPS) is 12.7. The maximum atomic E-state index is 10.1. The molecule has 78 valence electrons. The van der Waals surface area contributed by atoms with Crippen LogP contribution in [0.1, 0.15) is 22.8 Å². The smallest absolute Gasteiger partial charge is 0.106 e. The second-order valence-electron chi connectivity index (χ2n) is 3.61. The summed E-state index contributed by atoms with van der Waals surface area (Å²) in [6.45, 7) is 2.01. The maximum Gasteiger partial charge on any atom is 0.106 e. The molecular weight excluding hydrogens is 254 g/mol. The molecule has 2 rings (SSSR count). The van der Waals surface area contributed by atoms with E-state index in [2.05, 4.69) is 20.9 Å². The van der Waals surface area contributed by atoms with Crippen LogP contribution in [-0.2, 0) is 0 Å². The molecule has 3 heteroatoms. The lowest BCUT2D eigenvalue weighted by Gasteiger charge is -2.10. The first-order chi connectivity index (χ1) is 7.16. The number of hydrogen-bond acceptors (Lipinski definition) is 1. The number of nitrogens with one attached hydrogen (secondary N) is 1. The molecule has 2 aromatic rings. The summed E-state index contributed by atoms with van der Waals surface area (Å²) in [6.07, 6.45) is 3.05. The Morgan fingerprint density at radius 3 is 2.67 bits per heavy atom. The Morgan fingerprint density at radius 2 is 2.07 bits per heavy atom. The number of H-pyrrole nitrogens is 1. The molecular formula is C12H12BrNO. The first kappa shape index (κ1) is 10.5. The molecule has 0 aliphatic rings. The molecule has 0 saturated heterocycles. The Hall–Kier alpha value is -1.06. The van der Waals surface area contributed by atoms with Gasteiger partial charge in [-0.3, -0.25) is 0 Å². The van der Waals surface area contributed by atoms with Gasteiger partial charge >= 0.3 is 0 Å². The largest absolute Gasteiger partial charge is 0.384 e. The lowest BCUT2D eigenvalue weighted by atomic mass is 10.0. The van der Waals surface area contributed by atoms with E-state index in [-0.39, 0.29) is 0 Å². The van der Waals surface area contributed by atoms with Gasteiger partial charge in [-0.15, -0.1) is 0 Å². The molecule has 1 unspecified atom stereocenters. The minimum atomic E-state index is -0.563. The monoisotopic (exact) mass is 265 g/mol. The van der Waals surface area contributed by atoms with E-state index >= 15 is 0 Å². The molecule has 0 amide bonds. The number of hydrogen-bond donors (Lipinski definition) is 2. The Bertz CT molecular complexity index is 430. The summed E-state index contributed by atoms with van der Waals surface area (Å²) in [7, 11) is 0. The predicted molar refractivity (Wildman–Crippen MR) is 63.7 cm³/mol. The number of halogens is 1. The van der Waals surface area contributed by atoms with Crippen molar-refractivity contribution in [3.63, 3.8) is 0 Å². The van der Waals surface area contributed by atoms with Crippen molar-refractivity contribution in [2.24, 2.45) is 0 Å². The van der Waals surface area contributed by atoms with Gasteiger partial charge in [-0.1, -0.05) is 22.0 Å². The van der Waals surface area contributed by atoms with E-state index < -0.39 is 6.10 Å². The summed E-state index contributed by atoms with van der Waals surface area (Å²) in [4.78, 5) is 2.94. The number of benzene rings is 1. The van der Waals surface area contributed by atoms with Gasteiger partial charge in [-0.25, -0.2) is 0 Å². The van der Waals surface area contributed by atoms with Crippen molar-refractivity contribution in [1.82, 2.24) is 4.98 Å². The van der Waals surface area contributed by atoms with Crippen LogP contribution in [0.3, 0.4) is 0 Å². The highest BCUT2D eigenvalue weighted by atomic mass is 79.9. The third-order valence-corrected chi connectivity index (χ3v) is 2.78. The second-order valence-corrected chi connectivity index (χ2v) is 4.52. The van der Waals surface area contributed by atoms with Crippen LogP contribution in [0, 0.1) is 6.92 Å². The lowest BCUT2D eigenvalue weighted by molar-refractivity contribution is 0.220. The molecule has 1 aromatic heterocycles. The van der Waals surface area contributed by atoms with Crippen LogP contribution in [0.5, 0.6) is 0 Å². The fourth-order valence-corrected chi connectivity index (χ4v) is 2.25. The van der Waals surface area contributed by atoms with Gasteiger partial charge in [0.05, 0.1) is 0 Å². The summed E-state index contributed by atoms with van der Waals surface area (Å²) >= 11 is 3.43. The van der Waals surface area contributed by atoms with E-state index in [1.54, 1.807) is 6.20 Å². The quantitative estimate of drug-likeness (QED) is 0.860. The molecule has 0 saturated carbocycles. The molecule has 0 bridgehead atoms. The summed E-state index contributed by atoms with van der Waals surface area (Å²) in [5.74, 6) is 0. The minimum absolute atomic E-state index is 0.563. The number of aliphatic hydroxyl groups is 1. The van der Waals surface area contributed by atoms with E-state index in [4.69, 9.17) is 0 Å². The van der Waals surface area contributed by atoms with Crippen molar-refractivity contribution in [1.29, 1.82) is 0 Å². The van der Waals surface area contributed by atoms with Crippen molar-refractivity contribution >= 4 is 15.9 Å². The molecule has 0 aliphatic heterocycles. The van der Waals surface area contributed by atoms with Crippen molar-refractivity contribution in [2.45, 2.75) is 13.0 Å². The Kier molecular flexibility index (Phi) is 2.93. The molecule has 1 aromatic carbocycles. The molecule has 1 heterocycles. The van der Waals surface area contributed by atoms with Crippen molar-refractivity contribution in [3.05, 3.63) is 57.8 Å². The van der Waals surface area contributed by atoms with Gasteiger partial charge in [0.1, 0.15) is 6.10 Å². The molecule has 0 fully saturated rings. The summed E-state index contributed by atoms with van der Waals surface area (Å²) in [5.41, 5.74) is 2.92. The first-order valence-corrected chi connectivity index (χ1v) is 5.54. The Morgan fingerprint density at radius 1 is 1.27 bits per heavy atom. The molecule has 0 aliphatic carbocycles. The van der Waals surface area contributed by atoms with Gasteiger partial charge in [0.25, 0.3) is 0 Å². The summed E-state index contributed by atoms with van der Waals surface area (Å²) in [5, 5.41) is 10.1. The van der Waals surface area contributed by atoms with E-state index in [1.165, 1.54) is 0 Å². The SMILES string of the molecule is Cc1cc(Br)cc(C(O)c2cc[nH]c2)c1. The van der Waals surface area contributed by atoms with Crippen LogP contribution >= 0.6 is 15.9 Å². The van der Waals surface area contributed by atoms with Crippen LogP contribution < -0.4 is 0 Å². The zero-order chi connectivity index (χ0) is 10.8. The number of rotatable bonds is 2. The van der Waals surface area contributed by atoms with E-state index in [9.17, 15) is 5.11 Å². The molecule has 1 atom stereocenters. The van der Waals surface area contributed by atoms with Crippen molar-refractivity contribution in [3.8, 4) is 0 Å². The van der Waals surface area contributed by atoms with Crippen LogP contribution in [0.4, 0.5) is 0 Å². The van der Waals surface area contributed by atoms with Gasteiger partial charge in [0.2, 0.25) is 0 Å². The van der Waals surface area contributed by atoms with Crippen LogP contribution in [0.25, 0.3) is 0 Å². The van der Waals surface area contributed by atoms with Crippen LogP contribution in [-0.4, -0.2) is 10.1 Å². The summed E-state index contributed by atoms with van der Waals surface area (Å²) < 4.78 is 0.993. The lowest BCUT2D eigenvalue weighted by Crippen LogP contribution is -1.98. The van der Waals surface area contributed by atoms with E-state index in [1.807, 2.05) is 37.4 Å². The Labute approximate surface area is 97.1 Å². The zero-order valence-corrected chi connectivity index (χ0v) is 9.95. The minimum Gasteiger partial charge on any atom is -0.384 e. The number of aromatic nitrogens is 1. The number of aromatic amines is 1. The fourth-order valence-electron chi connectivity index (χ4n) is 1.62. The van der Waals surface area contributed by atoms with E-state index in [0.29, 0.717) is 0 Å². The number of aliphatic hydroxyl groups excluding tert-OH is 1. The van der Waals surface area contributed by atoms with Gasteiger partial charge in [-0.2, -0.15) is 0 Å². The topological polar surface area (TPSA) is 36.0 Å². The molecule has 0 spiro atoms. The Balaban J connectivity index is 2.37. The molecule has 15 heavy (non-hydrogen) atoms. The fraction of sp³-hybridized carbons (Fsp3) is 0.167. The van der Waals surface area contributed by atoms with Crippen LogP contribution in [0.15, 0.2) is 41.1 Å². The molecule has 2 nitrogen and oxygen atoms in total. The van der Waals surface area contributed by atoms with E-state index in [0.717, 1.165) is 21.2 Å². The highest BCUT2D eigenvalue weighted by molar-refractivity contribution is 9.10. The molecule has 0 radical (unpaired) electrons. The second kappa shape index (κ2) is 4.21.